The first kappa shape index (κ1) is 13.2. The lowest BCUT2D eigenvalue weighted by Crippen LogP contribution is -2.32. The van der Waals surface area contributed by atoms with Gasteiger partial charge in [-0.1, -0.05) is 6.07 Å². The van der Waals surface area contributed by atoms with Gasteiger partial charge in [-0.2, -0.15) is 0 Å². The molecule has 6 heteroatoms. The maximum Gasteiger partial charge on any atom is 0.340 e. The standard InChI is InChI=1S/C16H14N2O4/c1-7-3-9-5-18-12(13(9)17-8(7)2)4-10-11(15(18)20)6-22-16(21)14(10)19/h3-4,14,19H,5-6H2,1-2H3/t14-/m0/s1. The number of carbonyl (C=O) groups is 1. The number of cyclic esters (lactones) is 1. The minimum absolute atomic E-state index is 0.0911. The maximum absolute atomic E-state index is 12.6. The largest absolute Gasteiger partial charge is 0.458 e. The number of esters is 1. The molecule has 0 saturated heterocycles. The summed E-state index contributed by atoms with van der Waals surface area (Å²) >= 11 is 0. The molecule has 2 aromatic heterocycles. The van der Waals surface area contributed by atoms with E-state index in [0.717, 1.165) is 22.5 Å². The van der Waals surface area contributed by atoms with Crippen LogP contribution in [0.25, 0.3) is 11.4 Å². The fourth-order valence-corrected chi connectivity index (χ4v) is 3.07. The van der Waals surface area contributed by atoms with E-state index in [2.05, 4.69) is 4.98 Å². The zero-order chi connectivity index (χ0) is 15.6. The molecule has 2 aliphatic rings. The molecule has 112 valence electrons. The average molecular weight is 298 g/mol. The summed E-state index contributed by atoms with van der Waals surface area (Å²) in [5.41, 5.74) is 4.79. The van der Waals surface area contributed by atoms with Crippen LogP contribution in [-0.4, -0.2) is 20.6 Å². The molecule has 0 aliphatic carbocycles. The molecule has 0 spiro atoms. The highest BCUT2D eigenvalue weighted by molar-refractivity contribution is 5.79. The van der Waals surface area contributed by atoms with E-state index in [0.29, 0.717) is 23.4 Å². The van der Waals surface area contributed by atoms with Crippen LogP contribution in [0.5, 0.6) is 0 Å². The molecule has 2 aromatic rings. The fourth-order valence-electron chi connectivity index (χ4n) is 3.07. The van der Waals surface area contributed by atoms with Gasteiger partial charge in [0.05, 0.1) is 23.5 Å². The van der Waals surface area contributed by atoms with Crippen molar-refractivity contribution in [2.45, 2.75) is 33.1 Å². The van der Waals surface area contributed by atoms with E-state index >= 15 is 0 Å². The Labute approximate surface area is 126 Å². The molecule has 0 radical (unpaired) electrons. The number of aryl methyl sites for hydroxylation is 2. The molecule has 1 N–H and O–H groups in total. The third-order valence-electron chi connectivity index (χ3n) is 4.43. The van der Waals surface area contributed by atoms with Gasteiger partial charge in [-0.25, -0.2) is 4.79 Å². The summed E-state index contributed by atoms with van der Waals surface area (Å²) in [4.78, 5) is 28.7. The van der Waals surface area contributed by atoms with E-state index in [1.54, 1.807) is 10.6 Å². The lowest BCUT2D eigenvalue weighted by Gasteiger charge is -2.21. The highest BCUT2D eigenvalue weighted by Gasteiger charge is 2.33. The van der Waals surface area contributed by atoms with Crippen molar-refractivity contribution in [2.75, 3.05) is 0 Å². The maximum atomic E-state index is 12.6. The third kappa shape index (κ3) is 1.61. The van der Waals surface area contributed by atoms with Gasteiger partial charge in [0.15, 0.2) is 6.10 Å². The van der Waals surface area contributed by atoms with Crippen molar-refractivity contribution in [2.24, 2.45) is 0 Å². The van der Waals surface area contributed by atoms with Crippen LogP contribution in [0.1, 0.15) is 34.1 Å². The van der Waals surface area contributed by atoms with E-state index in [9.17, 15) is 14.7 Å². The van der Waals surface area contributed by atoms with Crippen LogP contribution in [0.15, 0.2) is 16.9 Å². The Balaban J connectivity index is 2.00. The Hall–Kier alpha value is -2.47. The highest BCUT2D eigenvalue weighted by atomic mass is 16.5. The molecule has 0 fully saturated rings. The molecule has 2 aliphatic heterocycles. The number of aliphatic hydroxyl groups is 1. The van der Waals surface area contributed by atoms with Crippen molar-refractivity contribution in [3.8, 4) is 11.4 Å². The molecule has 22 heavy (non-hydrogen) atoms. The first-order valence-electron chi connectivity index (χ1n) is 7.06. The number of fused-ring (bicyclic) bond motifs is 4. The number of nitrogens with zero attached hydrogens (tertiary/aromatic N) is 2. The molecule has 0 amide bonds. The number of rotatable bonds is 0. The monoisotopic (exact) mass is 298 g/mol. The van der Waals surface area contributed by atoms with Gasteiger partial charge < -0.3 is 14.4 Å². The highest BCUT2D eigenvalue weighted by Crippen LogP contribution is 2.34. The van der Waals surface area contributed by atoms with Gasteiger partial charge in [-0.3, -0.25) is 9.78 Å². The number of hydrogen-bond donors (Lipinski definition) is 1. The number of aliphatic hydroxyl groups excluding tert-OH is 1. The number of pyridine rings is 2. The second-order valence-electron chi connectivity index (χ2n) is 5.76. The molecule has 4 heterocycles. The third-order valence-corrected chi connectivity index (χ3v) is 4.43. The van der Waals surface area contributed by atoms with Crippen LogP contribution < -0.4 is 5.56 Å². The first-order chi connectivity index (χ1) is 10.5. The van der Waals surface area contributed by atoms with E-state index in [-0.39, 0.29) is 12.2 Å². The number of hydrogen-bond acceptors (Lipinski definition) is 5. The van der Waals surface area contributed by atoms with Crippen LogP contribution in [0.2, 0.25) is 0 Å². The number of ether oxygens (including phenoxy) is 1. The SMILES string of the molecule is Cc1cc2c(nc1C)-c1cc3c(c(=O)n1C2)COC(=O)[C@H]3O. The minimum atomic E-state index is -1.40. The van der Waals surface area contributed by atoms with Crippen molar-refractivity contribution in [1.82, 2.24) is 9.55 Å². The Morgan fingerprint density at radius 1 is 1.32 bits per heavy atom. The Morgan fingerprint density at radius 3 is 2.86 bits per heavy atom. The molecule has 0 saturated carbocycles. The summed E-state index contributed by atoms with van der Waals surface area (Å²) in [5, 5.41) is 9.99. The molecule has 0 aromatic carbocycles. The predicted octanol–water partition coefficient (Wildman–Crippen LogP) is 0.979. The second kappa shape index (κ2) is 4.27. The molecule has 0 bridgehead atoms. The predicted molar refractivity (Wildman–Crippen MR) is 77.3 cm³/mol. The zero-order valence-corrected chi connectivity index (χ0v) is 12.2. The van der Waals surface area contributed by atoms with Crippen LogP contribution in [0.4, 0.5) is 0 Å². The number of aromatic nitrogens is 2. The Bertz CT molecular complexity index is 898. The van der Waals surface area contributed by atoms with Crippen molar-refractivity contribution < 1.29 is 14.6 Å². The zero-order valence-electron chi connectivity index (χ0n) is 12.2. The summed E-state index contributed by atoms with van der Waals surface area (Å²) < 4.78 is 6.48. The normalized spacial score (nSPS) is 18.5. The van der Waals surface area contributed by atoms with Gasteiger partial charge in [0.1, 0.15) is 6.61 Å². The summed E-state index contributed by atoms with van der Waals surface area (Å²) in [6, 6.07) is 3.72. The molecular formula is C16H14N2O4. The lowest BCUT2D eigenvalue weighted by atomic mass is 10.0. The first-order valence-corrected chi connectivity index (χ1v) is 7.06. The summed E-state index contributed by atoms with van der Waals surface area (Å²) in [5.74, 6) is -0.719. The topological polar surface area (TPSA) is 81.4 Å². The second-order valence-corrected chi connectivity index (χ2v) is 5.76. The van der Waals surface area contributed by atoms with Crippen molar-refractivity contribution in [1.29, 1.82) is 0 Å². The van der Waals surface area contributed by atoms with Gasteiger partial charge in [0, 0.05) is 16.8 Å². The van der Waals surface area contributed by atoms with Gasteiger partial charge in [0.2, 0.25) is 0 Å². The molecule has 6 nitrogen and oxygen atoms in total. The smallest absolute Gasteiger partial charge is 0.340 e. The van der Waals surface area contributed by atoms with Crippen LogP contribution in [0.3, 0.4) is 0 Å². The Morgan fingerprint density at radius 2 is 2.09 bits per heavy atom. The van der Waals surface area contributed by atoms with E-state index < -0.39 is 12.1 Å². The molecule has 1 atom stereocenters. The van der Waals surface area contributed by atoms with Gasteiger partial charge in [0.25, 0.3) is 5.56 Å². The molecule has 0 unspecified atom stereocenters. The average Bonchev–Trinajstić information content (AvgIpc) is 2.82. The van der Waals surface area contributed by atoms with E-state index in [1.165, 1.54) is 0 Å². The van der Waals surface area contributed by atoms with E-state index in [1.807, 2.05) is 19.9 Å². The van der Waals surface area contributed by atoms with Crippen LogP contribution in [0, 0.1) is 13.8 Å². The minimum Gasteiger partial charge on any atom is -0.458 e. The summed E-state index contributed by atoms with van der Waals surface area (Å²) in [7, 11) is 0. The quantitative estimate of drug-likeness (QED) is 0.626. The fraction of sp³-hybridized carbons (Fsp3) is 0.312. The summed E-state index contributed by atoms with van der Waals surface area (Å²) in [6.07, 6.45) is -1.40. The molecule has 4 rings (SSSR count). The number of carbonyl (C=O) groups excluding carboxylic acids is 1. The Kier molecular flexibility index (Phi) is 2.56. The van der Waals surface area contributed by atoms with Crippen molar-refractivity contribution >= 4 is 5.97 Å². The van der Waals surface area contributed by atoms with Crippen molar-refractivity contribution in [3.63, 3.8) is 0 Å². The lowest BCUT2D eigenvalue weighted by molar-refractivity contribution is -0.157. The van der Waals surface area contributed by atoms with Gasteiger partial charge in [-0.15, -0.1) is 0 Å². The van der Waals surface area contributed by atoms with Gasteiger partial charge >= 0.3 is 5.97 Å². The van der Waals surface area contributed by atoms with Crippen molar-refractivity contribution in [3.05, 3.63) is 50.4 Å². The van der Waals surface area contributed by atoms with Gasteiger partial charge in [-0.05, 0) is 25.5 Å². The summed E-state index contributed by atoms with van der Waals surface area (Å²) in [6.45, 7) is 4.26. The van der Waals surface area contributed by atoms with Crippen LogP contribution >= 0.6 is 0 Å². The molecular weight excluding hydrogens is 284 g/mol. The van der Waals surface area contributed by atoms with Crippen LogP contribution in [-0.2, 0) is 22.7 Å². The van der Waals surface area contributed by atoms with E-state index in [4.69, 9.17) is 4.74 Å².